The van der Waals surface area contributed by atoms with E-state index in [4.69, 9.17) is 22.1 Å². The summed E-state index contributed by atoms with van der Waals surface area (Å²) in [7, 11) is 0. The van der Waals surface area contributed by atoms with Crippen molar-refractivity contribution in [2.45, 2.75) is 45.4 Å². The molecule has 4 N–H and O–H groups in total. The first kappa shape index (κ1) is 30.9. The van der Waals surface area contributed by atoms with E-state index < -0.39 is 23.1 Å². The summed E-state index contributed by atoms with van der Waals surface area (Å²) in [6, 6.07) is 10.3. The van der Waals surface area contributed by atoms with Crippen molar-refractivity contribution in [3.8, 4) is 0 Å². The predicted octanol–water partition coefficient (Wildman–Crippen LogP) is 5.56. The molecule has 0 fully saturated rings. The van der Waals surface area contributed by atoms with E-state index in [-0.39, 0.29) is 54.9 Å². The van der Waals surface area contributed by atoms with E-state index in [1.165, 1.54) is 30.5 Å². The molecule has 0 bridgehead atoms. The van der Waals surface area contributed by atoms with Crippen LogP contribution in [0.25, 0.3) is 10.8 Å². The summed E-state index contributed by atoms with van der Waals surface area (Å²) in [6.07, 6.45) is 3.18. The second-order valence-electron chi connectivity index (χ2n) is 9.78. The number of nitrogens with zero attached hydrogens (tertiary/aromatic N) is 1. The van der Waals surface area contributed by atoms with E-state index in [0.29, 0.717) is 36.8 Å². The van der Waals surface area contributed by atoms with Gasteiger partial charge in [0, 0.05) is 30.0 Å². The average molecular weight is 575 g/mol. The molecule has 3 rings (SSSR count). The molecule has 8 nitrogen and oxygen atoms in total. The number of ketones is 1. The number of carbonyl (C=O) groups is 3. The normalized spacial score (nSPS) is 12.5. The summed E-state index contributed by atoms with van der Waals surface area (Å²) in [4.78, 5) is 41.3. The zero-order chi connectivity index (χ0) is 29.1. The summed E-state index contributed by atoms with van der Waals surface area (Å²) < 4.78 is 32.7. The molecular formula is C29H33ClF2N4O4. The fourth-order valence-corrected chi connectivity index (χ4v) is 4.55. The molecule has 0 saturated carbocycles. The lowest BCUT2D eigenvalue weighted by Gasteiger charge is -2.28. The van der Waals surface area contributed by atoms with Crippen molar-refractivity contribution >= 4 is 46.0 Å². The zero-order valence-electron chi connectivity index (χ0n) is 22.3. The summed E-state index contributed by atoms with van der Waals surface area (Å²) in [5.41, 5.74) is 5.01. The molecule has 2 aromatic carbocycles. The van der Waals surface area contributed by atoms with Crippen molar-refractivity contribution in [3.05, 3.63) is 70.9 Å². The van der Waals surface area contributed by atoms with Crippen molar-refractivity contribution in [3.63, 3.8) is 0 Å². The zero-order valence-corrected chi connectivity index (χ0v) is 23.0. The molecule has 0 saturated heterocycles. The number of amides is 2. The van der Waals surface area contributed by atoms with Gasteiger partial charge in [-0.3, -0.25) is 14.9 Å². The van der Waals surface area contributed by atoms with Gasteiger partial charge >= 0.3 is 6.09 Å². The van der Waals surface area contributed by atoms with E-state index in [0.717, 1.165) is 5.39 Å². The molecule has 0 radical (unpaired) electrons. The molecule has 0 aliphatic rings. The maximum Gasteiger partial charge on any atom is 0.412 e. The van der Waals surface area contributed by atoms with Crippen molar-refractivity contribution in [2.75, 3.05) is 25.0 Å². The third-order valence-electron chi connectivity index (χ3n) is 6.79. The standard InChI is InChI=1S/C29H33ClF2N4O4/c1-29(11-2-3-13-34-26(38)17-33,24(37)10-8-19-5-4-6-23(32)27(19)30)12-14-40-28(39)36-25-16-21-15-22(31)9-7-20(21)18-35-25/h4-7,9,15-16,18H,2-3,8,10-14,17,33H2,1H3,(H,34,38)(H,35,36,39). The number of benzene rings is 2. The number of halogens is 3. The molecule has 2 amide bonds. The maximum absolute atomic E-state index is 13.8. The molecule has 1 atom stereocenters. The van der Waals surface area contributed by atoms with Crippen LogP contribution in [0.2, 0.25) is 5.02 Å². The number of nitrogens with one attached hydrogen (secondary N) is 2. The van der Waals surface area contributed by atoms with Crippen molar-refractivity contribution in [1.82, 2.24) is 10.3 Å². The number of aromatic nitrogens is 1. The number of pyridine rings is 1. The van der Waals surface area contributed by atoms with Crippen LogP contribution in [0.1, 0.15) is 44.6 Å². The second-order valence-corrected chi connectivity index (χ2v) is 10.2. The number of hydrogen-bond donors (Lipinski definition) is 3. The van der Waals surface area contributed by atoms with Crippen LogP contribution < -0.4 is 16.4 Å². The van der Waals surface area contributed by atoms with E-state index in [1.807, 2.05) is 6.92 Å². The van der Waals surface area contributed by atoms with E-state index in [2.05, 4.69) is 15.6 Å². The lowest BCUT2D eigenvalue weighted by atomic mass is 9.76. The Morgan fingerprint density at radius 1 is 1.07 bits per heavy atom. The first-order valence-corrected chi connectivity index (χ1v) is 13.4. The number of aryl methyl sites for hydroxylation is 1. The van der Waals surface area contributed by atoms with Gasteiger partial charge < -0.3 is 15.8 Å². The molecule has 40 heavy (non-hydrogen) atoms. The molecule has 11 heteroatoms. The van der Waals surface area contributed by atoms with Crippen molar-refractivity contribution < 1.29 is 27.9 Å². The minimum Gasteiger partial charge on any atom is -0.449 e. The second kappa shape index (κ2) is 14.7. The number of rotatable bonds is 14. The van der Waals surface area contributed by atoms with Crippen molar-refractivity contribution in [1.29, 1.82) is 0 Å². The lowest BCUT2D eigenvalue weighted by Crippen LogP contribution is -2.32. The molecule has 0 spiro atoms. The van der Waals surface area contributed by atoms with E-state index >= 15 is 0 Å². The Hall–Kier alpha value is -3.63. The van der Waals surface area contributed by atoms with Gasteiger partial charge in [-0.2, -0.15) is 0 Å². The Kier molecular flexibility index (Phi) is 11.3. The summed E-state index contributed by atoms with van der Waals surface area (Å²) in [6.45, 7) is 2.10. The highest BCUT2D eigenvalue weighted by Gasteiger charge is 2.32. The number of unbranched alkanes of at least 4 members (excludes halogenated alkanes) is 1. The van der Waals surface area contributed by atoms with E-state index in [1.54, 1.807) is 18.2 Å². The molecule has 3 aromatic rings. The Morgan fingerprint density at radius 2 is 1.88 bits per heavy atom. The lowest BCUT2D eigenvalue weighted by molar-refractivity contribution is -0.129. The Labute approximate surface area is 236 Å². The van der Waals surface area contributed by atoms with Gasteiger partial charge in [0.2, 0.25) is 5.91 Å². The van der Waals surface area contributed by atoms with Crippen LogP contribution in [0, 0.1) is 17.0 Å². The van der Waals surface area contributed by atoms with Gasteiger partial charge in [-0.05, 0) is 67.0 Å². The average Bonchev–Trinajstić information content (AvgIpc) is 2.93. The third kappa shape index (κ3) is 8.96. The maximum atomic E-state index is 13.8. The highest BCUT2D eigenvalue weighted by Crippen LogP contribution is 2.32. The quantitative estimate of drug-likeness (QED) is 0.217. The number of Topliss-reactive ketones (excluding diaryl/α,β-unsaturated/α-hetero) is 1. The molecule has 1 unspecified atom stereocenters. The predicted molar refractivity (Wildman–Crippen MR) is 150 cm³/mol. The summed E-state index contributed by atoms with van der Waals surface area (Å²) >= 11 is 6.05. The number of fused-ring (bicyclic) bond motifs is 1. The van der Waals surface area contributed by atoms with Gasteiger partial charge in [-0.1, -0.05) is 37.1 Å². The highest BCUT2D eigenvalue weighted by atomic mass is 35.5. The first-order valence-electron chi connectivity index (χ1n) is 13.0. The van der Waals surface area contributed by atoms with Crippen LogP contribution in [0.15, 0.2) is 48.7 Å². The van der Waals surface area contributed by atoms with Gasteiger partial charge in [0.25, 0.3) is 0 Å². The van der Waals surface area contributed by atoms with Gasteiger partial charge in [-0.25, -0.2) is 18.6 Å². The number of ether oxygens (including phenoxy) is 1. The Bertz CT molecular complexity index is 1360. The molecule has 1 aromatic heterocycles. The summed E-state index contributed by atoms with van der Waals surface area (Å²) in [5.74, 6) is -1.07. The van der Waals surface area contributed by atoms with Crippen LogP contribution in [-0.4, -0.2) is 42.5 Å². The molecule has 214 valence electrons. The minimum absolute atomic E-state index is 0.00214. The first-order chi connectivity index (χ1) is 19.1. The van der Waals surface area contributed by atoms with Gasteiger partial charge in [-0.15, -0.1) is 0 Å². The minimum atomic E-state index is -0.837. The monoisotopic (exact) mass is 574 g/mol. The van der Waals surface area contributed by atoms with Crippen LogP contribution in [0.5, 0.6) is 0 Å². The van der Waals surface area contributed by atoms with Gasteiger partial charge in [0.1, 0.15) is 23.2 Å². The number of hydrogen-bond acceptors (Lipinski definition) is 6. The van der Waals surface area contributed by atoms with Crippen LogP contribution >= 0.6 is 11.6 Å². The Balaban J connectivity index is 1.58. The highest BCUT2D eigenvalue weighted by molar-refractivity contribution is 6.31. The fourth-order valence-electron chi connectivity index (χ4n) is 4.33. The van der Waals surface area contributed by atoms with Crippen molar-refractivity contribution in [2.24, 2.45) is 11.1 Å². The van der Waals surface area contributed by atoms with Crippen LogP contribution in [-0.2, 0) is 20.7 Å². The van der Waals surface area contributed by atoms with E-state index in [9.17, 15) is 23.2 Å². The third-order valence-corrected chi connectivity index (χ3v) is 7.21. The SMILES string of the molecule is CC(CCCCNC(=O)CN)(CCOC(=O)Nc1cc2cc(F)ccc2cn1)C(=O)CCc1cccc(F)c1Cl. The van der Waals surface area contributed by atoms with Crippen LogP contribution in [0.3, 0.4) is 0 Å². The molecule has 0 aliphatic heterocycles. The number of carbonyl (C=O) groups excluding carboxylic acids is 3. The largest absolute Gasteiger partial charge is 0.449 e. The molecular weight excluding hydrogens is 542 g/mol. The van der Waals surface area contributed by atoms with Crippen LogP contribution in [0.4, 0.5) is 19.4 Å². The van der Waals surface area contributed by atoms with Gasteiger partial charge in [0.05, 0.1) is 18.2 Å². The summed E-state index contributed by atoms with van der Waals surface area (Å²) in [5, 5.41) is 6.51. The molecule has 1 heterocycles. The smallest absolute Gasteiger partial charge is 0.412 e. The number of anilines is 1. The molecule has 0 aliphatic carbocycles. The van der Waals surface area contributed by atoms with Gasteiger partial charge in [0.15, 0.2) is 0 Å². The topological polar surface area (TPSA) is 123 Å². The fraction of sp³-hybridized carbons (Fsp3) is 0.379. The Morgan fingerprint density at radius 3 is 2.65 bits per heavy atom. The number of nitrogens with two attached hydrogens (primary N) is 1.